The molecule has 0 aromatic heterocycles. The summed E-state index contributed by atoms with van der Waals surface area (Å²) < 4.78 is 26.5. The fourth-order valence-corrected chi connectivity index (χ4v) is 5.75. The van der Waals surface area contributed by atoms with Gasteiger partial charge in [-0.05, 0) is 91.4 Å². The highest BCUT2D eigenvalue weighted by Crippen LogP contribution is 2.29. The lowest BCUT2D eigenvalue weighted by Crippen LogP contribution is -2.46. The lowest BCUT2D eigenvalue weighted by Gasteiger charge is -2.35. The molecule has 2 fully saturated rings. The third kappa shape index (κ3) is 7.30. The molecule has 3 aromatic rings. The molecule has 41 heavy (non-hydrogen) atoms. The number of hydrogen-bond donors (Lipinski definition) is 1. The number of likely N-dealkylation sites (tertiary alicyclic amines) is 1. The van der Waals surface area contributed by atoms with Crippen LogP contribution in [0.1, 0.15) is 53.6 Å². The average Bonchev–Trinajstić information content (AvgIpc) is 3.02. The van der Waals surface area contributed by atoms with Crippen molar-refractivity contribution in [2.45, 2.75) is 38.5 Å². The minimum Gasteiger partial charge on any atom is -0.369 e. The number of nitrogens with one attached hydrogen (secondary N) is 1. The molecule has 6 nitrogen and oxygen atoms in total. The molecular weight excluding hydrogens is 522 g/mol. The normalized spacial score (nSPS) is 16.6. The summed E-state index contributed by atoms with van der Waals surface area (Å²) in [5.41, 5.74) is 4.36. The van der Waals surface area contributed by atoms with Gasteiger partial charge in [0.1, 0.15) is 0 Å². The third-order valence-electron chi connectivity index (χ3n) is 8.41. The first-order valence-corrected chi connectivity index (χ1v) is 14.6. The van der Waals surface area contributed by atoms with Crippen LogP contribution in [0.5, 0.6) is 0 Å². The Balaban J connectivity index is 1.07. The van der Waals surface area contributed by atoms with E-state index in [1.807, 2.05) is 41.3 Å². The molecule has 0 saturated carbocycles. The first-order chi connectivity index (χ1) is 19.9. The van der Waals surface area contributed by atoms with Crippen LogP contribution in [0.3, 0.4) is 0 Å². The first kappa shape index (κ1) is 28.7. The number of likely N-dealkylation sites (N-methyl/N-ethyl adjacent to an activating group) is 1. The van der Waals surface area contributed by atoms with Crippen molar-refractivity contribution >= 4 is 23.2 Å². The predicted molar refractivity (Wildman–Crippen MR) is 158 cm³/mol. The van der Waals surface area contributed by atoms with E-state index in [2.05, 4.69) is 34.2 Å². The van der Waals surface area contributed by atoms with Gasteiger partial charge < -0.3 is 20.0 Å². The molecule has 3 aromatic carbocycles. The minimum absolute atomic E-state index is 0.0401. The SMILES string of the molecule is CCN1CCN(c2ccc(C(=O)Nc3ccc(C4CCN(C(=O)CCc5ccc(F)c(F)c5)CC4)cc3)cc2)CC1. The van der Waals surface area contributed by atoms with Crippen molar-refractivity contribution in [2.75, 3.05) is 56.0 Å². The lowest BCUT2D eigenvalue weighted by atomic mass is 9.89. The molecule has 2 saturated heterocycles. The van der Waals surface area contributed by atoms with Gasteiger partial charge in [0.25, 0.3) is 5.91 Å². The largest absolute Gasteiger partial charge is 0.369 e. The number of amides is 2. The van der Waals surface area contributed by atoms with E-state index in [0.29, 0.717) is 36.6 Å². The maximum Gasteiger partial charge on any atom is 0.255 e. The summed E-state index contributed by atoms with van der Waals surface area (Å²) >= 11 is 0. The van der Waals surface area contributed by atoms with Crippen molar-refractivity contribution in [1.82, 2.24) is 9.80 Å². The number of piperazine rings is 1. The van der Waals surface area contributed by atoms with Crippen molar-refractivity contribution in [2.24, 2.45) is 0 Å². The Morgan fingerprint density at radius 2 is 1.51 bits per heavy atom. The molecule has 2 aliphatic rings. The standard InChI is InChI=1S/C33H38F2N4O2/c1-2-37-19-21-38(22-20-37)29-11-7-27(8-12-29)33(41)36-28-9-5-25(6-10-28)26-15-17-39(18-16-26)32(40)14-4-24-3-13-30(34)31(35)23-24/h3,5-13,23,26H,2,4,14-22H2,1H3,(H,36,41). The van der Waals surface area contributed by atoms with Crippen LogP contribution in [0.2, 0.25) is 0 Å². The topological polar surface area (TPSA) is 55.9 Å². The highest BCUT2D eigenvalue weighted by atomic mass is 19.2. The summed E-state index contributed by atoms with van der Waals surface area (Å²) in [5.74, 6) is -1.50. The zero-order valence-corrected chi connectivity index (χ0v) is 23.6. The average molecular weight is 561 g/mol. The number of anilines is 2. The zero-order chi connectivity index (χ0) is 28.8. The molecule has 0 spiro atoms. The highest BCUT2D eigenvalue weighted by Gasteiger charge is 2.24. The van der Waals surface area contributed by atoms with Crippen LogP contribution >= 0.6 is 0 Å². The number of piperidine rings is 1. The molecule has 2 aliphatic heterocycles. The smallest absolute Gasteiger partial charge is 0.255 e. The highest BCUT2D eigenvalue weighted by molar-refractivity contribution is 6.04. The van der Waals surface area contributed by atoms with Crippen LogP contribution < -0.4 is 10.2 Å². The van der Waals surface area contributed by atoms with E-state index in [0.717, 1.165) is 69.1 Å². The number of hydrogen-bond acceptors (Lipinski definition) is 4. The number of carbonyl (C=O) groups is 2. The Hall–Kier alpha value is -3.78. The number of benzene rings is 3. The number of carbonyl (C=O) groups excluding carboxylic acids is 2. The molecule has 1 N–H and O–H groups in total. The van der Waals surface area contributed by atoms with Gasteiger partial charge >= 0.3 is 0 Å². The Bertz CT molecular complexity index is 1330. The first-order valence-electron chi connectivity index (χ1n) is 14.6. The van der Waals surface area contributed by atoms with Crippen molar-refractivity contribution in [3.05, 3.63) is 95.1 Å². The van der Waals surface area contributed by atoms with Crippen LogP contribution in [0, 0.1) is 11.6 Å². The van der Waals surface area contributed by atoms with E-state index in [1.165, 1.54) is 11.6 Å². The van der Waals surface area contributed by atoms with Crippen LogP contribution in [-0.2, 0) is 11.2 Å². The second-order valence-corrected chi connectivity index (χ2v) is 10.9. The van der Waals surface area contributed by atoms with Gasteiger partial charge in [-0.15, -0.1) is 0 Å². The van der Waals surface area contributed by atoms with Crippen molar-refractivity contribution in [3.8, 4) is 0 Å². The fourth-order valence-electron chi connectivity index (χ4n) is 5.75. The second kappa shape index (κ2) is 13.3. The molecule has 2 amide bonds. The van der Waals surface area contributed by atoms with E-state index in [9.17, 15) is 18.4 Å². The molecule has 0 atom stereocenters. The van der Waals surface area contributed by atoms with Gasteiger partial charge in [-0.1, -0.05) is 25.1 Å². The molecule has 0 radical (unpaired) electrons. The Labute approximate surface area is 240 Å². The monoisotopic (exact) mass is 560 g/mol. The van der Waals surface area contributed by atoms with Crippen LogP contribution in [0.4, 0.5) is 20.2 Å². The van der Waals surface area contributed by atoms with E-state index in [4.69, 9.17) is 0 Å². The third-order valence-corrected chi connectivity index (χ3v) is 8.41. The van der Waals surface area contributed by atoms with Crippen molar-refractivity contribution in [3.63, 3.8) is 0 Å². The number of halogens is 2. The summed E-state index contributed by atoms with van der Waals surface area (Å²) in [4.78, 5) is 32.2. The number of aryl methyl sites for hydroxylation is 1. The molecular formula is C33H38F2N4O2. The van der Waals surface area contributed by atoms with Crippen molar-refractivity contribution in [1.29, 1.82) is 0 Å². The summed E-state index contributed by atoms with van der Waals surface area (Å²) in [6.07, 6.45) is 2.40. The van der Waals surface area contributed by atoms with E-state index in [-0.39, 0.29) is 18.2 Å². The van der Waals surface area contributed by atoms with Crippen LogP contribution in [0.15, 0.2) is 66.7 Å². The quantitative estimate of drug-likeness (QED) is 0.384. The van der Waals surface area contributed by atoms with Crippen LogP contribution in [0.25, 0.3) is 0 Å². The van der Waals surface area contributed by atoms with Gasteiger partial charge in [-0.25, -0.2) is 8.78 Å². The molecule has 5 rings (SSSR count). The molecule has 0 bridgehead atoms. The molecule has 0 unspecified atom stereocenters. The van der Waals surface area contributed by atoms with E-state index in [1.54, 1.807) is 0 Å². The molecule has 216 valence electrons. The van der Waals surface area contributed by atoms with Gasteiger partial charge in [0.2, 0.25) is 5.91 Å². The summed E-state index contributed by atoms with van der Waals surface area (Å²) in [7, 11) is 0. The summed E-state index contributed by atoms with van der Waals surface area (Å²) in [5, 5.41) is 3.00. The number of rotatable bonds is 8. The van der Waals surface area contributed by atoms with Crippen LogP contribution in [-0.4, -0.2) is 67.4 Å². The Morgan fingerprint density at radius 1 is 0.829 bits per heavy atom. The Morgan fingerprint density at radius 3 is 2.15 bits per heavy atom. The lowest BCUT2D eigenvalue weighted by molar-refractivity contribution is -0.132. The van der Waals surface area contributed by atoms with Gasteiger partial charge in [-0.2, -0.15) is 0 Å². The summed E-state index contributed by atoms with van der Waals surface area (Å²) in [6, 6.07) is 19.6. The van der Waals surface area contributed by atoms with Gasteiger partial charge in [-0.3, -0.25) is 9.59 Å². The zero-order valence-electron chi connectivity index (χ0n) is 23.6. The van der Waals surface area contributed by atoms with Gasteiger partial charge in [0.15, 0.2) is 11.6 Å². The van der Waals surface area contributed by atoms with Gasteiger partial charge in [0, 0.05) is 62.6 Å². The Kier molecular flexibility index (Phi) is 9.29. The number of nitrogens with zero attached hydrogens (tertiary/aromatic N) is 3. The maximum atomic E-state index is 13.4. The minimum atomic E-state index is -0.882. The van der Waals surface area contributed by atoms with E-state index < -0.39 is 11.6 Å². The van der Waals surface area contributed by atoms with Gasteiger partial charge in [0.05, 0.1) is 0 Å². The predicted octanol–water partition coefficient (Wildman–Crippen LogP) is 5.70. The fraction of sp³-hybridized carbons (Fsp3) is 0.394. The molecule has 2 heterocycles. The van der Waals surface area contributed by atoms with Crippen molar-refractivity contribution < 1.29 is 18.4 Å². The molecule has 0 aliphatic carbocycles. The maximum absolute atomic E-state index is 13.4. The second-order valence-electron chi connectivity index (χ2n) is 10.9. The summed E-state index contributed by atoms with van der Waals surface area (Å²) in [6.45, 7) is 8.75. The molecule has 8 heteroatoms. The van der Waals surface area contributed by atoms with E-state index >= 15 is 0 Å².